The van der Waals surface area contributed by atoms with Crippen LogP contribution in [0.25, 0.3) is 0 Å². The molecule has 1 spiro atoms. The fraction of sp³-hybridized carbons (Fsp3) is 1.00. The van der Waals surface area contributed by atoms with Crippen LogP contribution in [0.3, 0.4) is 0 Å². The maximum Gasteiger partial charge on any atom is 0.0682 e. The van der Waals surface area contributed by atoms with E-state index in [0.717, 1.165) is 44.7 Å². The van der Waals surface area contributed by atoms with E-state index in [-0.39, 0.29) is 6.10 Å². The Labute approximate surface area is 140 Å². The Hall–Kier alpha value is -0.200. The van der Waals surface area contributed by atoms with Gasteiger partial charge in [0.15, 0.2) is 0 Å². The van der Waals surface area contributed by atoms with Crippen LogP contribution >= 0.6 is 0 Å². The van der Waals surface area contributed by atoms with Crippen molar-refractivity contribution in [3.8, 4) is 0 Å². The van der Waals surface area contributed by atoms with Gasteiger partial charge in [0.2, 0.25) is 0 Å². The highest BCUT2D eigenvalue weighted by Crippen LogP contribution is 2.40. The molecule has 4 rings (SSSR count). The van der Waals surface area contributed by atoms with Gasteiger partial charge in [-0.25, -0.2) is 0 Å². The maximum atomic E-state index is 10.2. The number of β-amino-alcohol motifs (C(OH)–C–C–N with tert-alkyl or cyclic N) is 1. The summed E-state index contributed by atoms with van der Waals surface area (Å²) in [7, 11) is 0. The van der Waals surface area contributed by atoms with Crippen molar-refractivity contribution in [3.05, 3.63) is 0 Å². The monoisotopic (exact) mass is 323 g/mol. The highest BCUT2D eigenvalue weighted by atomic mass is 16.5. The van der Waals surface area contributed by atoms with Crippen molar-refractivity contribution in [2.24, 2.45) is 5.92 Å². The predicted octanol–water partition coefficient (Wildman–Crippen LogP) is 0.627. The molecule has 0 aromatic carbocycles. The van der Waals surface area contributed by atoms with Crippen LogP contribution in [0.1, 0.15) is 33.1 Å². The highest BCUT2D eigenvalue weighted by molar-refractivity contribution is 5.14. The van der Waals surface area contributed by atoms with Gasteiger partial charge in [0.05, 0.1) is 11.6 Å². The lowest BCUT2D eigenvalue weighted by Crippen LogP contribution is -2.79. The minimum atomic E-state index is -0.118. The molecule has 4 saturated heterocycles. The number of fused-ring (bicyclic) bond motifs is 2. The van der Waals surface area contributed by atoms with Crippen LogP contribution in [-0.2, 0) is 4.74 Å². The number of nitrogens with zero attached hydrogens (tertiary/aromatic N) is 3. The molecule has 4 heterocycles. The van der Waals surface area contributed by atoms with Gasteiger partial charge in [0.25, 0.3) is 0 Å². The predicted molar refractivity (Wildman–Crippen MR) is 90.5 cm³/mol. The lowest BCUT2D eigenvalue weighted by atomic mass is 9.81. The van der Waals surface area contributed by atoms with Gasteiger partial charge in [0.1, 0.15) is 0 Å². The maximum absolute atomic E-state index is 10.2. The molecule has 0 aromatic heterocycles. The average Bonchev–Trinajstić information content (AvgIpc) is 2.84. The Morgan fingerprint density at radius 3 is 2.52 bits per heavy atom. The molecular formula is C18H33N3O2. The van der Waals surface area contributed by atoms with Gasteiger partial charge >= 0.3 is 0 Å². The number of ether oxygens (including phenoxy) is 1. The molecule has 0 aromatic rings. The van der Waals surface area contributed by atoms with Gasteiger partial charge in [0, 0.05) is 64.6 Å². The summed E-state index contributed by atoms with van der Waals surface area (Å²) < 4.78 is 5.52. The van der Waals surface area contributed by atoms with Gasteiger partial charge in [-0.05, 0) is 25.2 Å². The highest BCUT2D eigenvalue weighted by Gasteiger charge is 2.56. The second-order valence-corrected chi connectivity index (χ2v) is 8.76. The van der Waals surface area contributed by atoms with E-state index in [1.807, 2.05) is 0 Å². The average molecular weight is 323 g/mol. The van der Waals surface area contributed by atoms with Crippen LogP contribution < -0.4 is 0 Å². The lowest BCUT2D eigenvalue weighted by molar-refractivity contribution is -0.137. The lowest BCUT2D eigenvalue weighted by Gasteiger charge is -2.63. The molecule has 0 saturated carbocycles. The molecule has 132 valence electrons. The molecule has 5 nitrogen and oxygen atoms in total. The minimum absolute atomic E-state index is 0.118. The van der Waals surface area contributed by atoms with Gasteiger partial charge in [-0.2, -0.15) is 0 Å². The summed E-state index contributed by atoms with van der Waals surface area (Å²) in [5.41, 5.74) is 0.299. The molecule has 5 heteroatoms. The Balaban J connectivity index is 1.45. The third-order valence-corrected chi connectivity index (χ3v) is 6.31. The number of hydrogen-bond acceptors (Lipinski definition) is 5. The molecule has 23 heavy (non-hydrogen) atoms. The molecule has 0 amide bonds. The van der Waals surface area contributed by atoms with Crippen LogP contribution in [0.4, 0.5) is 0 Å². The summed E-state index contributed by atoms with van der Waals surface area (Å²) in [6, 6.07) is 1.29. The van der Waals surface area contributed by atoms with Crippen LogP contribution in [0.15, 0.2) is 0 Å². The van der Waals surface area contributed by atoms with Gasteiger partial charge in [-0.1, -0.05) is 13.8 Å². The van der Waals surface area contributed by atoms with E-state index in [2.05, 4.69) is 28.5 Å². The summed E-state index contributed by atoms with van der Waals surface area (Å²) in [6.45, 7) is 13.3. The van der Waals surface area contributed by atoms with Crippen LogP contribution in [0.5, 0.6) is 0 Å². The Kier molecular flexibility index (Phi) is 4.43. The number of rotatable bonds is 3. The van der Waals surface area contributed by atoms with Gasteiger partial charge in [-0.3, -0.25) is 14.7 Å². The Morgan fingerprint density at radius 2 is 1.83 bits per heavy atom. The minimum Gasteiger partial charge on any atom is -0.392 e. The Morgan fingerprint density at radius 1 is 1.09 bits per heavy atom. The summed E-state index contributed by atoms with van der Waals surface area (Å²) in [5.74, 6) is 0.719. The molecule has 4 aliphatic rings. The van der Waals surface area contributed by atoms with E-state index < -0.39 is 0 Å². The van der Waals surface area contributed by atoms with Crippen molar-refractivity contribution in [2.45, 2.75) is 56.8 Å². The van der Waals surface area contributed by atoms with Crippen LogP contribution in [0, 0.1) is 5.92 Å². The second-order valence-electron chi connectivity index (χ2n) is 8.76. The largest absolute Gasteiger partial charge is 0.392 e. The third-order valence-electron chi connectivity index (χ3n) is 6.31. The molecule has 1 N–H and O–H groups in total. The normalized spacial score (nSPS) is 36.5. The fourth-order valence-electron chi connectivity index (χ4n) is 5.47. The third kappa shape index (κ3) is 3.07. The van der Waals surface area contributed by atoms with Crippen LogP contribution in [0.2, 0.25) is 0 Å². The molecule has 2 atom stereocenters. The smallest absolute Gasteiger partial charge is 0.0682 e. The van der Waals surface area contributed by atoms with Crippen molar-refractivity contribution in [1.29, 1.82) is 0 Å². The van der Waals surface area contributed by atoms with Crippen LogP contribution in [-0.4, -0.2) is 96.0 Å². The number of likely N-dealkylation sites (tertiary alicyclic amines) is 1. The van der Waals surface area contributed by atoms with E-state index in [0.29, 0.717) is 11.6 Å². The molecule has 0 radical (unpaired) electrons. The zero-order valence-corrected chi connectivity index (χ0v) is 14.8. The first kappa shape index (κ1) is 16.3. The van der Waals surface area contributed by atoms with Crippen molar-refractivity contribution in [1.82, 2.24) is 14.7 Å². The quantitative estimate of drug-likeness (QED) is 0.825. The molecule has 0 aliphatic carbocycles. The topological polar surface area (TPSA) is 39.2 Å². The first-order chi connectivity index (χ1) is 11.1. The first-order valence-electron chi connectivity index (χ1n) is 9.55. The fourth-order valence-corrected chi connectivity index (χ4v) is 5.47. The Bertz CT molecular complexity index is 418. The van der Waals surface area contributed by atoms with Crippen molar-refractivity contribution in [3.63, 3.8) is 0 Å². The summed E-state index contributed by atoms with van der Waals surface area (Å²) in [5, 5.41) is 10.2. The van der Waals surface area contributed by atoms with Crippen molar-refractivity contribution in [2.75, 3.05) is 52.5 Å². The number of aliphatic hydroxyl groups is 1. The molecule has 4 fully saturated rings. The first-order valence-corrected chi connectivity index (χ1v) is 9.55. The summed E-state index contributed by atoms with van der Waals surface area (Å²) in [4.78, 5) is 8.03. The van der Waals surface area contributed by atoms with E-state index >= 15 is 0 Å². The standard InChI is InChI=1S/C18H33N3O2/c1-14(2)8-19-9-16-7-17(22)10-21(16)18(11-19)12-20(13-18)15-3-5-23-6-4-15/h14-17,22H,3-13H2,1-2H3. The molecular weight excluding hydrogens is 290 g/mol. The number of hydrogen-bond donors (Lipinski definition) is 1. The van der Waals surface area contributed by atoms with Gasteiger partial charge in [-0.15, -0.1) is 0 Å². The second kappa shape index (κ2) is 6.26. The van der Waals surface area contributed by atoms with Crippen molar-refractivity contribution < 1.29 is 9.84 Å². The van der Waals surface area contributed by atoms with E-state index in [9.17, 15) is 5.11 Å². The van der Waals surface area contributed by atoms with Crippen molar-refractivity contribution >= 4 is 0 Å². The van der Waals surface area contributed by atoms with E-state index in [4.69, 9.17) is 4.74 Å². The summed E-state index contributed by atoms with van der Waals surface area (Å²) in [6.07, 6.45) is 3.23. The molecule has 4 aliphatic heterocycles. The zero-order chi connectivity index (χ0) is 16.0. The van der Waals surface area contributed by atoms with E-state index in [1.165, 1.54) is 39.0 Å². The molecule has 2 unspecified atom stereocenters. The number of aliphatic hydroxyl groups excluding tert-OH is 1. The summed E-state index contributed by atoms with van der Waals surface area (Å²) >= 11 is 0. The number of piperazine rings is 1. The SMILES string of the molecule is CC(C)CN1CC2CC(O)CN2C2(C1)CN(C1CCOCC1)C2. The zero-order valence-electron chi connectivity index (χ0n) is 14.8. The molecule has 0 bridgehead atoms. The van der Waals surface area contributed by atoms with Gasteiger partial charge < -0.3 is 9.84 Å². The van der Waals surface area contributed by atoms with E-state index in [1.54, 1.807) is 0 Å².